The number of methoxy groups -OCH3 is 1. The predicted molar refractivity (Wildman–Crippen MR) is 67.9 cm³/mol. The maximum absolute atomic E-state index is 5.23. The Kier molecular flexibility index (Phi) is 3.42. The van der Waals surface area contributed by atoms with Crippen LogP contribution in [0.5, 0.6) is 5.75 Å². The molecule has 0 spiro atoms. The lowest BCUT2D eigenvalue weighted by Crippen LogP contribution is -1.87. The fourth-order valence-corrected chi connectivity index (χ4v) is 1.42. The van der Waals surface area contributed by atoms with E-state index in [1.807, 2.05) is 49.5 Å². The van der Waals surface area contributed by atoms with Crippen LogP contribution < -0.4 is 4.74 Å². The van der Waals surface area contributed by atoms with Gasteiger partial charge >= 0.3 is 0 Å². The predicted octanol–water partition coefficient (Wildman–Crippen LogP) is 2.80. The number of para-hydroxylation sites is 1. The minimum atomic E-state index is 0.765. The van der Waals surface area contributed by atoms with E-state index >= 15 is 0 Å². The van der Waals surface area contributed by atoms with Crippen LogP contribution in [0.4, 0.5) is 0 Å². The first-order chi connectivity index (χ1) is 8.29. The molecule has 1 heterocycles. The molecule has 2 heteroatoms. The van der Waals surface area contributed by atoms with Gasteiger partial charge in [-0.05, 0) is 36.6 Å². The number of hydrogen-bond acceptors (Lipinski definition) is 2. The van der Waals surface area contributed by atoms with Crippen molar-refractivity contribution in [1.29, 1.82) is 0 Å². The van der Waals surface area contributed by atoms with Gasteiger partial charge in [0.15, 0.2) is 0 Å². The second-order valence-electron chi connectivity index (χ2n) is 3.67. The van der Waals surface area contributed by atoms with Crippen molar-refractivity contribution in [3.63, 3.8) is 0 Å². The van der Waals surface area contributed by atoms with Crippen molar-refractivity contribution in [2.75, 3.05) is 7.11 Å². The van der Waals surface area contributed by atoms with Gasteiger partial charge in [-0.25, -0.2) is 4.98 Å². The number of rotatable bonds is 1. The lowest BCUT2D eigenvalue weighted by Gasteiger charge is -2.00. The molecule has 0 bridgehead atoms. The lowest BCUT2D eigenvalue weighted by atomic mass is 10.2. The first kappa shape index (κ1) is 11.2. The largest absolute Gasteiger partial charge is 0.495 e. The van der Waals surface area contributed by atoms with E-state index in [1.54, 1.807) is 7.11 Å². The van der Waals surface area contributed by atoms with E-state index in [0.29, 0.717) is 0 Å². The van der Waals surface area contributed by atoms with E-state index in [0.717, 1.165) is 22.6 Å². The summed E-state index contributed by atoms with van der Waals surface area (Å²) in [7, 11) is 1.64. The highest BCUT2D eigenvalue weighted by atomic mass is 16.5. The highest BCUT2D eigenvalue weighted by Crippen LogP contribution is 2.15. The summed E-state index contributed by atoms with van der Waals surface area (Å²) in [6, 6.07) is 11.6. The van der Waals surface area contributed by atoms with Crippen LogP contribution in [0.1, 0.15) is 16.8 Å². The van der Waals surface area contributed by atoms with Crippen molar-refractivity contribution in [3.05, 3.63) is 59.4 Å². The van der Waals surface area contributed by atoms with Crippen LogP contribution in [-0.4, -0.2) is 12.1 Å². The van der Waals surface area contributed by atoms with Crippen LogP contribution in [0.25, 0.3) is 0 Å². The normalized spacial score (nSPS) is 9.29. The Bertz CT molecular complexity index is 561. The topological polar surface area (TPSA) is 22.1 Å². The highest BCUT2D eigenvalue weighted by Gasteiger charge is 1.96. The number of ether oxygens (including phenoxy) is 1. The van der Waals surface area contributed by atoms with Crippen LogP contribution in [0.3, 0.4) is 0 Å². The van der Waals surface area contributed by atoms with Crippen LogP contribution >= 0.6 is 0 Å². The van der Waals surface area contributed by atoms with E-state index in [4.69, 9.17) is 4.74 Å². The molecule has 0 unspecified atom stereocenters. The average molecular weight is 223 g/mol. The molecule has 17 heavy (non-hydrogen) atoms. The highest BCUT2D eigenvalue weighted by molar-refractivity contribution is 5.48. The second kappa shape index (κ2) is 5.18. The molecule has 0 radical (unpaired) electrons. The molecule has 84 valence electrons. The van der Waals surface area contributed by atoms with E-state index < -0.39 is 0 Å². The molecule has 0 atom stereocenters. The van der Waals surface area contributed by atoms with Crippen molar-refractivity contribution in [1.82, 2.24) is 4.98 Å². The SMILES string of the molecule is COc1ccccc1C#Cc1ccc(C)cn1. The average Bonchev–Trinajstić information content (AvgIpc) is 2.38. The molecule has 0 aliphatic carbocycles. The molecular weight excluding hydrogens is 210 g/mol. The van der Waals surface area contributed by atoms with Gasteiger partial charge in [-0.15, -0.1) is 0 Å². The van der Waals surface area contributed by atoms with Crippen molar-refractivity contribution in [2.24, 2.45) is 0 Å². The summed E-state index contributed by atoms with van der Waals surface area (Å²) in [5, 5.41) is 0. The summed E-state index contributed by atoms with van der Waals surface area (Å²) in [6.45, 7) is 2.00. The van der Waals surface area contributed by atoms with Crippen LogP contribution in [0.2, 0.25) is 0 Å². The van der Waals surface area contributed by atoms with E-state index in [1.165, 1.54) is 0 Å². The minimum Gasteiger partial charge on any atom is -0.495 e. The molecule has 0 amide bonds. The molecule has 2 rings (SSSR count). The Hall–Kier alpha value is -2.27. The number of nitrogens with zero attached hydrogens (tertiary/aromatic N) is 1. The maximum Gasteiger partial charge on any atom is 0.134 e. The first-order valence-corrected chi connectivity index (χ1v) is 5.37. The smallest absolute Gasteiger partial charge is 0.134 e. The van der Waals surface area contributed by atoms with Gasteiger partial charge < -0.3 is 4.74 Å². The summed E-state index contributed by atoms with van der Waals surface area (Å²) in [5.41, 5.74) is 2.77. The number of aromatic nitrogens is 1. The van der Waals surface area contributed by atoms with Crippen molar-refractivity contribution in [3.8, 4) is 17.6 Å². The van der Waals surface area contributed by atoms with Gasteiger partial charge in [0.1, 0.15) is 11.4 Å². The molecule has 2 aromatic rings. The third-order valence-electron chi connectivity index (χ3n) is 2.34. The standard InChI is InChI=1S/C15H13NO/c1-12-7-9-14(16-11-12)10-8-13-5-3-4-6-15(13)17-2/h3-7,9,11H,1-2H3. The molecule has 0 aliphatic rings. The molecule has 0 fully saturated rings. The van der Waals surface area contributed by atoms with Crippen molar-refractivity contribution < 1.29 is 4.74 Å². The van der Waals surface area contributed by atoms with Crippen LogP contribution in [-0.2, 0) is 0 Å². The molecule has 1 aromatic carbocycles. The Labute approximate surface area is 101 Å². The van der Waals surface area contributed by atoms with Gasteiger partial charge in [-0.2, -0.15) is 0 Å². The summed E-state index contributed by atoms with van der Waals surface area (Å²) in [4.78, 5) is 4.23. The zero-order valence-electron chi connectivity index (χ0n) is 9.90. The van der Waals surface area contributed by atoms with Gasteiger partial charge in [-0.1, -0.05) is 24.1 Å². The molecule has 0 saturated heterocycles. The van der Waals surface area contributed by atoms with Gasteiger partial charge in [0.25, 0.3) is 0 Å². The number of aryl methyl sites for hydroxylation is 1. The summed E-state index contributed by atoms with van der Waals surface area (Å²) in [5.74, 6) is 6.87. The lowest BCUT2D eigenvalue weighted by molar-refractivity contribution is 0.413. The maximum atomic E-state index is 5.23. The molecule has 2 nitrogen and oxygen atoms in total. The van der Waals surface area contributed by atoms with Crippen LogP contribution in [0.15, 0.2) is 42.6 Å². The Balaban J connectivity index is 2.29. The zero-order valence-corrected chi connectivity index (χ0v) is 9.90. The number of pyridine rings is 1. The fraction of sp³-hybridized carbons (Fsp3) is 0.133. The second-order valence-corrected chi connectivity index (χ2v) is 3.67. The van der Waals surface area contributed by atoms with Gasteiger partial charge in [-0.3, -0.25) is 0 Å². The van der Waals surface area contributed by atoms with Gasteiger partial charge in [0.2, 0.25) is 0 Å². The Morgan fingerprint density at radius 2 is 1.88 bits per heavy atom. The number of benzene rings is 1. The monoisotopic (exact) mass is 223 g/mol. The van der Waals surface area contributed by atoms with E-state index in [9.17, 15) is 0 Å². The molecule has 0 saturated carbocycles. The zero-order chi connectivity index (χ0) is 12.1. The third kappa shape index (κ3) is 2.85. The molecular formula is C15H13NO. The third-order valence-corrected chi connectivity index (χ3v) is 2.34. The number of hydrogen-bond donors (Lipinski definition) is 0. The summed E-state index contributed by atoms with van der Waals surface area (Å²) in [6.07, 6.45) is 1.81. The molecule has 0 aliphatic heterocycles. The van der Waals surface area contributed by atoms with Gasteiger partial charge in [0, 0.05) is 6.20 Å². The van der Waals surface area contributed by atoms with Crippen molar-refractivity contribution >= 4 is 0 Å². The van der Waals surface area contributed by atoms with E-state index in [2.05, 4.69) is 16.8 Å². The molecule has 0 N–H and O–H groups in total. The summed E-state index contributed by atoms with van der Waals surface area (Å²) < 4.78 is 5.23. The quantitative estimate of drug-likeness (QED) is 0.693. The fourth-order valence-electron chi connectivity index (χ4n) is 1.42. The van der Waals surface area contributed by atoms with Gasteiger partial charge in [0.05, 0.1) is 12.7 Å². The van der Waals surface area contributed by atoms with E-state index in [-0.39, 0.29) is 0 Å². The van der Waals surface area contributed by atoms with Crippen LogP contribution in [0, 0.1) is 18.8 Å². The Morgan fingerprint density at radius 3 is 2.59 bits per heavy atom. The summed E-state index contributed by atoms with van der Waals surface area (Å²) >= 11 is 0. The minimum absolute atomic E-state index is 0.765. The first-order valence-electron chi connectivity index (χ1n) is 5.37. The van der Waals surface area contributed by atoms with Crippen molar-refractivity contribution in [2.45, 2.75) is 6.92 Å². The molecule has 1 aromatic heterocycles. The Morgan fingerprint density at radius 1 is 1.06 bits per heavy atom.